The summed E-state index contributed by atoms with van der Waals surface area (Å²) in [7, 11) is 0. The van der Waals surface area contributed by atoms with Crippen molar-refractivity contribution in [1.29, 1.82) is 0 Å². The molecule has 0 spiro atoms. The molecule has 0 aliphatic carbocycles. The van der Waals surface area contributed by atoms with Gasteiger partial charge in [-0.05, 0) is 26.3 Å². The first-order valence-corrected chi connectivity index (χ1v) is 4.74. The monoisotopic (exact) mass is 195 g/mol. The molecular formula is C8H15Cl2N. The van der Waals surface area contributed by atoms with Crippen molar-refractivity contribution in [1.82, 2.24) is 5.32 Å². The van der Waals surface area contributed by atoms with E-state index in [0.717, 1.165) is 25.9 Å². The van der Waals surface area contributed by atoms with E-state index in [1.165, 1.54) is 5.54 Å². The lowest BCUT2D eigenvalue weighted by atomic mass is 10.2. The molecule has 0 rings (SSSR count). The molecule has 1 N–H and O–H groups in total. The number of rotatable bonds is 6. The maximum absolute atomic E-state index is 5.75. The average Bonchev–Trinajstić information content (AvgIpc) is 1.96. The van der Waals surface area contributed by atoms with Crippen LogP contribution < -0.4 is 5.32 Å². The van der Waals surface area contributed by atoms with Gasteiger partial charge < -0.3 is 5.32 Å². The lowest BCUT2D eigenvalue weighted by molar-refractivity contribution is 0.650. The summed E-state index contributed by atoms with van der Waals surface area (Å²) in [4.78, 5) is 0. The molecule has 0 saturated heterocycles. The topological polar surface area (TPSA) is 12.0 Å². The molecule has 0 fully saturated rings. The van der Waals surface area contributed by atoms with Crippen LogP contribution in [-0.2, 0) is 0 Å². The summed E-state index contributed by atoms with van der Waals surface area (Å²) in [6.45, 7) is 3.87. The fourth-order valence-electron chi connectivity index (χ4n) is 0.738. The SMILES string of the molecule is CC(Cl)CCCNC/C=C/Cl. The minimum Gasteiger partial charge on any atom is -0.313 e. The van der Waals surface area contributed by atoms with Crippen molar-refractivity contribution in [2.24, 2.45) is 0 Å². The van der Waals surface area contributed by atoms with E-state index in [0.29, 0.717) is 5.38 Å². The van der Waals surface area contributed by atoms with Gasteiger partial charge in [-0.2, -0.15) is 0 Å². The van der Waals surface area contributed by atoms with Gasteiger partial charge in [0.2, 0.25) is 0 Å². The van der Waals surface area contributed by atoms with Crippen molar-refractivity contribution in [3.63, 3.8) is 0 Å². The molecule has 0 aliphatic heterocycles. The predicted molar refractivity (Wildman–Crippen MR) is 52.4 cm³/mol. The number of halogens is 2. The van der Waals surface area contributed by atoms with Gasteiger partial charge in [-0.3, -0.25) is 0 Å². The lowest BCUT2D eigenvalue weighted by Gasteiger charge is -2.02. The van der Waals surface area contributed by atoms with Crippen LogP contribution in [0.15, 0.2) is 11.6 Å². The molecule has 0 amide bonds. The normalized spacial score (nSPS) is 14.1. The van der Waals surface area contributed by atoms with Gasteiger partial charge in [0.1, 0.15) is 0 Å². The number of nitrogens with one attached hydrogen (secondary N) is 1. The van der Waals surface area contributed by atoms with Crippen LogP contribution in [0, 0.1) is 0 Å². The van der Waals surface area contributed by atoms with Crippen molar-refractivity contribution < 1.29 is 0 Å². The highest BCUT2D eigenvalue weighted by Gasteiger charge is 1.93. The molecular weight excluding hydrogens is 181 g/mol. The van der Waals surface area contributed by atoms with Crippen LogP contribution in [0.2, 0.25) is 0 Å². The Balaban J connectivity index is 2.91. The lowest BCUT2D eigenvalue weighted by Crippen LogP contribution is -2.15. The minimum absolute atomic E-state index is 0.292. The second-order valence-corrected chi connectivity index (χ2v) is 3.49. The van der Waals surface area contributed by atoms with E-state index in [2.05, 4.69) is 5.32 Å². The fraction of sp³-hybridized carbons (Fsp3) is 0.750. The van der Waals surface area contributed by atoms with E-state index in [-0.39, 0.29) is 0 Å². The zero-order valence-electron chi connectivity index (χ0n) is 6.82. The zero-order valence-corrected chi connectivity index (χ0v) is 8.33. The number of alkyl halides is 1. The number of hydrogen-bond acceptors (Lipinski definition) is 1. The maximum atomic E-state index is 5.75. The molecule has 0 bridgehead atoms. The van der Waals surface area contributed by atoms with E-state index >= 15 is 0 Å². The second-order valence-electron chi connectivity index (χ2n) is 2.49. The van der Waals surface area contributed by atoms with Crippen LogP contribution in [0.3, 0.4) is 0 Å². The van der Waals surface area contributed by atoms with Crippen molar-refractivity contribution >= 4 is 23.2 Å². The average molecular weight is 196 g/mol. The summed E-state index contributed by atoms with van der Waals surface area (Å²) >= 11 is 11.1. The summed E-state index contributed by atoms with van der Waals surface area (Å²) in [5, 5.41) is 3.50. The highest BCUT2D eigenvalue weighted by Crippen LogP contribution is 2.01. The first kappa shape index (κ1) is 11.3. The third-order valence-corrected chi connectivity index (χ3v) is 1.70. The number of hydrogen-bond donors (Lipinski definition) is 1. The summed E-state index contributed by atoms with van der Waals surface area (Å²) in [6.07, 6.45) is 4.08. The summed E-state index contributed by atoms with van der Waals surface area (Å²) in [6, 6.07) is 0. The third-order valence-electron chi connectivity index (χ3n) is 1.31. The molecule has 0 aromatic carbocycles. The Morgan fingerprint density at radius 3 is 2.82 bits per heavy atom. The molecule has 0 saturated carbocycles. The molecule has 11 heavy (non-hydrogen) atoms. The van der Waals surface area contributed by atoms with E-state index < -0.39 is 0 Å². The predicted octanol–water partition coefficient (Wildman–Crippen LogP) is 2.74. The molecule has 3 heteroatoms. The fourth-order valence-corrected chi connectivity index (χ4v) is 0.982. The third kappa shape index (κ3) is 10.3. The molecule has 1 atom stereocenters. The molecule has 0 aromatic heterocycles. The van der Waals surface area contributed by atoms with E-state index in [1.807, 2.05) is 13.0 Å². The molecule has 66 valence electrons. The minimum atomic E-state index is 0.292. The quantitative estimate of drug-likeness (QED) is 0.508. The Bertz CT molecular complexity index is 102. The molecule has 0 aromatic rings. The van der Waals surface area contributed by atoms with E-state index in [1.54, 1.807) is 0 Å². The van der Waals surface area contributed by atoms with Crippen LogP contribution in [0.4, 0.5) is 0 Å². The summed E-state index contributed by atoms with van der Waals surface area (Å²) < 4.78 is 0. The van der Waals surface area contributed by atoms with Gasteiger partial charge in [-0.1, -0.05) is 17.7 Å². The van der Waals surface area contributed by atoms with Crippen LogP contribution in [-0.4, -0.2) is 18.5 Å². The molecule has 1 unspecified atom stereocenters. The second kappa shape index (κ2) is 8.38. The smallest absolute Gasteiger partial charge is 0.0308 e. The summed E-state index contributed by atoms with van der Waals surface area (Å²) in [5.74, 6) is 0. The molecule has 0 radical (unpaired) electrons. The van der Waals surface area contributed by atoms with Crippen LogP contribution in [0.5, 0.6) is 0 Å². The molecule has 1 nitrogen and oxygen atoms in total. The van der Waals surface area contributed by atoms with Gasteiger partial charge >= 0.3 is 0 Å². The van der Waals surface area contributed by atoms with Gasteiger partial charge in [-0.15, -0.1) is 11.6 Å². The van der Waals surface area contributed by atoms with Gasteiger partial charge in [0, 0.05) is 17.5 Å². The Morgan fingerprint density at radius 1 is 1.55 bits per heavy atom. The van der Waals surface area contributed by atoms with Crippen molar-refractivity contribution in [2.75, 3.05) is 13.1 Å². The van der Waals surface area contributed by atoms with Crippen molar-refractivity contribution in [3.8, 4) is 0 Å². The van der Waals surface area contributed by atoms with E-state index in [4.69, 9.17) is 23.2 Å². The zero-order chi connectivity index (χ0) is 8.53. The Kier molecular flexibility index (Phi) is 8.59. The maximum Gasteiger partial charge on any atom is 0.0308 e. The van der Waals surface area contributed by atoms with Crippen LogP contribution >= 0.6 is 23.2 Å². The largest absolute Gasteiger partial charge is 0.313 e. The molecule has 0 heterocycles. The van der Waals surface area contributed by atoms with Crippen molar-refractivity contribution in [3.05, 3.63) is 11.6 Å². The summed E-state index contributed by atoms with van der Waals surface area (Å²) in [5.41, 5.74) is 1.52. The molecule has 0 aliphatic rings. The van der Waals surface area contributed by atoms with Crippen molar-refractivity contribution in [2.45, 2.75) is 25.1 Å². The first-order chi connectivity index (χ1) is 5.27. The van der Waals surface area contributed by atoms with Crippen LogP contribution in [0.25, 0.3) is 0 Å². The van der Waals surface area contributed by atoms with Gasteiger partial charge in [0.05, 0.1) is 0 Å². The highest BCUT2D eigenvalue weighted by molar-refractivity contribution is 6.25. The van der Waals surface area contributed by atoms with Gasteiger partial charge in [0.25, 0.3) is 0 Å². The van der Waals surface area contributed by atoms with E-state index in [9.17, 15) is 0 Å². The van der Waals surface area contributed by atoms with Gasteiger partial charge in [-0.25, -0.2) is 0 Å². The Hall–Kier alpha value is 0.280. The first-order valence-electron chi connectivity index (χ1n) is 3.87. The highest BCUT2D eigenvalue weighted by atomic mass is 35.5. The van der Waals surface area contributed by atoms with Crippen LogP contribution in [0.1, 0.15) is 19.8 Å². The Labute approximate surface area is 78.8 Å². The van der Waals surface area contributed by atoms with Gasteiger partial charge in [0.15, 0.2) is 0 Å². The standard InChI is InChI=1S/C8H15Cl2N/c1-8(10)4-2-6-11-7-3-5-9/h3,5,8,11H,2,4,6-7H2,1H3/b5-3+. The Morgan fingerprint density at radius 2 is 2.27 bits per heavy atom.